The molecule has 0 aliphatic carbocycles. The van der Waals surface area contributed by atoms with Crippen LogP contribution in [0.2, 0.25) is 0 Å². The van der Waals surface area contributed by atoms with Crippen LogP contribution in [0.4, 0.5) is 0 Å². The number of para-hydroxylation sites is 1. The second-order valence-electron chi connectivity index (χ2n) is 8.54. The maximum atomic E-state index is 12.5. The van der Waals surface area contributed by atoms with Crippen molar-refractivity contribution in [2.75, 3.05) is 26.3 Å². The number of esters is 1. The van der Waals surface area contributed by atoms with E-state index >= 15 is 0 Å². The van der Waals surface area contributed by atoms with Gasteiger partial charge in [0.15, 0.2) is 12.3 Å². The molecule has 7 heteroatoms. The summed E-state index contributed by atoms with van der Waals surface area (Å²) >= 11 is 0. The van der Waals surface area contributed by atoms with E-state index in [9.17, 15) is 9.59 Å². The second kappa shape index (κ2) is 9.32. The Bertz CT molecular complexity index is 862. The molecule has 0 unspecified atom stereocenters. The summed E-state index contributed by atoms with van der Waals surface area (Å²) in [6.45, 7) is 9.74. The molecule has 2 aromatic rings. The van der Waals surface area contributed by atoms with E-state index in [0.29, 0.717) is 31.1 Å². The molecule has 0 bridgehead atoms. The molecule has 2 heterocycles. The first-order valence-corrected chi connectivity index (χ1v) is 10.5. The molecule has 1 fully saturated rings. The summed E-state index contributed by atoms with van der Waals surface area (Å²) < 4.78 is 12.7. The summed E-state index contributed by atoms with van der Waals surface area (Å²) in [4.78, 5) is 26.5. The fraction of sp³-hybridized carbons (Fsp3) is 0.522. The zero-order chi connectivity index (χ0) is 21.7. The zero-order valence-electron chi connectivity index (χ0n) is 18.3. The summed E-state index contributed by atoms with van der Waals surface area (Å²) in [5.74, 6) is 0.284. The molecule has 162 valence electrons. The average Bonchev–Trinajstić information content (AvgIpc) is 3.19. The Balaban J connectivity index is 1.64. The van der Waals surface area contributed by atoms with E-state index < -0.39 is 5.97 Å². The third-order valence-corrected chi connectivity index (χ3v) is 5.26. The minimum Gasteiger partial charge on any atom is -0.484 e. The van der Waals surface area contributed by atoms with Crippen molar-refractivity contribution in [3.63, 3.8) is 0 Å². The van der Waals surface area contributed by atoms with Gasteiger partial charge in [-0.05, 0) is 38.0 Å². The highest BCUT2D eigenvalue weighted by Gasteiger charge is 2.30. The van der Waals surface area contributed by atoms with Gasteiger partial charge in [-0.15, -0.1) is 0 Å². The highest BCUT2D eigenvalue weighted by Crippen LogP contribution is 2.30. The number of ether oxygens (including phenoxy) is 2. The van der Waals surface area contributed by atoms with Crippen LogP contribution in [-0.2, 0) is 14.9 Å². The lowest BCUT2D eigenvalue weighted by Crippen LogP contribution is -2.42. The number of amides is 1. The molecule has 1 saturated heterocycles. The molecule has 7 nitrogen and oxygen atoms in total. The average molecular weight is 414 g/mol. The first-order chi connectivity index (χ1) is 14.3. The Kier molecular flexibility index (Phi) is 6.80. The Labute approximate surface area is 178 Å². The molecule has 1 amide bonds. The van der Waals surface area contributed by atoms with Crippen molar-refractivity contribution >= 4 is 11.9 Å². The minimum atomic E-state index is -0.396. The van der Waals surface area contributed by atoms with Crippen molar-refractivity contribution < 1.29 is 19.1 Å². The van der Waals surface area contributed by atoms with E-state index in [0.717, 1.165) is 18.5 Å². The monoisotopic (exact) mass is 413 g/mol. The standard InChI is InChI=1S/C23H31N3O4/c1-5-29-22(28)19-15-20(23(2,3)4)26(24-19)17-11-13-25(14-12-17)21(27)16-30-18-9-7-6-8-10-18/h6-10,15,17H,5,11-14,16H2,1-4H3. The van der Waals surface area contributed by atoms with E-state index in [2.05, 4.69) is 25.9 Å². The fourth-order valence-electron chi connectivity index (χ4n) is 3.65. The first-order valence-electron chi connectivity index (χ1n) is 10.5. The quantitative estimate of drug-likeness (QED) is 0.677. The third kappa shape index (κ3) is 5.20. The van der Waals surface area contributed by atoms with Gasteiger partial charge in [-0.2, -0.15) is 5.10 Å². The number of carbonyl (C=O) groups excluding carboxylic acids is 2. The molecule has 1 aliphatic heterocycles. The smallest absolute Gasteiger partial charge is 0.358 e. The van der Waals surface area contributed by atoms with E-state index in [1.807, 2.05) is 46.0 Å². The van der Waals surface area contributed by atoms with E-state index in [1.54, 1.807) is 6.92 Å². The maximum Gasteiger partial charge on any atom is 0.358 e. The SMILES string of the molecule is CCOC(=O)c1cc(C(C)(C)C)n(C2CCN(C(=O)COc3ccccc3)CC2)n1. The van der Waals surface area contributed by atoms with Crippen molar-refractivity contribution in [3.8, 4) is 5.75 Å². The summed E-state index contributed by atoms with van der Waals surface area (Å²) in [7, 11) is 0. The van der Waals surface area contributed by atoms with Crippen molar-refractivity contribution in [1.29, 1.82) is 0 Å². The Hall–Kier alpha value is -2.83. The van der Waals surface area contributed by atoms with Gasteiger partial charge in [-0.3, -0.25) is 9.48 Å². The van der Waals surface area contributed by atoms with Crippen LogP contribution in [0.3, 0.4) is 0 Å². The second-order valence-corrected chi connectivity index (χ2v) is 8.54. The Morgan fingerprint density at radius 3 is 2.40 bits per heavy atom. The molecule has 30 heavy (non-hydrogen) atoms. The molecular weight excluding hydrogens is 382 g/mol. The minimum absolute atomic E-state index is 0.0129. The number of carbonyl (C=O) groups is 2. The first kappa shape index (κ1) is 21.9. The van der Waals surface area contributed by atoms with Gasteiger partial charge in [0.2, 0.25) is 0 Å². The molecule has 0 atom stereocenters. The maximum absolute atomic E-state index is 12.5. The number of rotatable bonds is 6. The molecule has 0 N–H and O–H groups in total. The van der Waals surface area contributed by atoms with Crippen LogP contribution in [-0.4, -0.2) is 52.9 Å². The lowest BCUT2D eigenvalue weighted by molar-refractivity contribution is -0.134. The van der Waals surface area contributed by atoms with Gasteiger partial charge in [0, 0.05) is 24.2 Å². The molecule has 3 rings (SSSR count). The van der Waals surface area contributed by atoms with Crippen LogP contribution in [0.15, 0.2) is 36.4 Å². The molecule has 1 aromatic carbocycles. The fourth-order valence-corrected chi connectivity index (χ4v) is 3.65. The van der Waals surface area contributed by atoms with Gasteiger partial charge in [0.25, 0.3) is 5.91 Å². The summed E-state index contributed by atoms with van der Waals surface area (Å²) in [5, 5.41) is 4.58. The predicted octanol–water partition coefficient (Wildman–Crippen LogP) is 3.60. The lowest BCUT2D eigenvalue weighted by atomic mass is 9.91. The van der Waals surface area contributed by atoms with Gasteiger partial charge in [-0.25, -0.2) is 4.79 Å². The predicted molar refractivity (Wildman–Crippen MR) is 114 cm³/mol. The van der Waals surface area contributed by atoms with E-state index in [-0.39, 0.29) is 24.0 Å². The van der Waals surface area contributed by atoms with Crippen molar-refractivity contribution in [1.82, 2.24) is 14.7 Å². The van der Waals surface area contributed by atoms with E-state index in [1.165, 1.54) is 0 Å². The number of aromatic nitrogens is 2. The normalized spacial score (nSPS) is 15.1. The number of piperidine rings is 1. The highest BCUT2D eigenvalue weighted by atomic mass is 16.5. The lowest BCUT2D eigenvalue weighted by Gasteiger charge is -2.34. The molecule has 1 aromatic heterocycles. The summed E-state index contributed by atoms with van der Waals surface area (Å²) in [6, 6.07) is 11.3. The van der Waals surface area contributed by atoms with Crippen molar-refractivity contribution in [3.05, 3.63) is 47.8 Å². The van der Waals surface area contributed by atoms with Crippen molar-refractivity contribution in [2.24, 2.45) is 0 Å². The number of nitrogens with zero attached hydrogens (tertiary/aromatic N) is 3. The molecule has 0 spiro atoms. The number of likely N-dealkylation sites (tertiary alicyclic amines) is 1. The van der Waals surface area contributed by atoms with Crippen LogP contribution in [0.25, 0.3) is 0 Å². The molecular formula is C23H31N3O4. The zero-order valence-corrected chi connectivity index (χ0v) is 18.3. The van der Waals surface area contributed by atoms with Crippen LogP contribution in [0.1, 0.15) is 62.8 Å². The Morgan fingerprint density at radius 2 is 1.80 bits per heavy atom. The van der Waals surface area contributed by atoms with Crippen LogP contribution < -0.4 is 4.74 Å². The van der Waals surface area contributed by atoms with E-state index in [4.69, 9.17) is 9.47 Å². The van der Waals surface area contributed by atoms with Gasteiger partial charge in [0.1, 0.15) is 5.75 Å². The van der Waals surface area contributed by atoms with Crippen molar-refractivity contribution in [2.45, 2.75) is 52.0 Å². The van der Waals surface area contributed by atoms with Gasteiger partial charge >= 0.3 is 5.97 Å². The topological polar surface area (TPSA) is 73.7 Å². The van der Waals surface area contributed by atoms with Crippen LogP contribution >= 0.6 is 0 Å². The van der Waals surface area contributed by atoms with Crippen LogP contribution in [0, 0.1) is 0 Å². The van der Waals surface area contributed by atoms with Gasteiger partial charge < -0.3 is 14.4 Å². The summed E-state index contributed by atoms with van der Waals surface area (Å²) in [6.07, 6.45) is 1.56. The highest BCUT2D eigenvalue weighted by molar-refractivity contribution is 5.87. The van der Waals surface area contributed by atoms with Gasteiger partial charge in [0.05, 0.1) is 12.6 Å². The molecule has 1 aliphatic rings. The molecule has 0 saturated carbocycles. The molecule has 0 radical (unpaired) electrons. The summed E-state index contributed by atoms with van der Waals surface area (Å²) in [5.41, 5.74) is 1.19. The number of hydrogen-bond acceptors (Lipinski definition) is 5. The number of benzene rings is 1. The Morgan fingerprint density at radius 1 is 1.13 bits per heavy atom. The number of hydrogen-bond donors (Lipinski definition) is 0. The van der Waals surface area contributed by atoms with Crippen LogP contribution in [0.5, 0.6) is 5.75 Å². The largest absolute Gasteiger partial charge is 0.484 e. The third-order valence-electron chi connectivity index (χ3n) is 5.26. The van der Waals surface area contributed by atoms with Gasteiger partial charge in [-0.1, -0.05) is 39.0 Å².